The summed E-state index contributed by atoms with van der Waals surface area (Å²) in [4.78, 5) is 11.9. The highest BCUT2D eigenvalue weighted by Crippen LogP contribution is 2.29. The summed E-state index contributed by atoms with van der Waals surface area (Å²) < 4.78 is 0. The number of rotatable bonds is 3. The zero-order valence-corrected chi connectivity index (χ0v) is 11.5. The lowest BCUT2D eigenvalue weighted by Crippen LogP contribution is -2.28. The largest absolute Gasteiger partial charge is 0.397 e. The van der Waals surface area contributed by atoms with Gasteiger partial charge in [-0.1, -0.05) is 36.0 Å². The lowest BCUT2D eigenvalue weighted by atomic mass is 10.1. The lowest BCUT2D eigenvalue weighted by molar-refractivity contribution is 0.0947. The van der Waals surface area contributed by atoms with Gasteiger partial charge in [-0.15, -0.1) is 0 Å². The van der Waals surface area contributed by atoms with Gasteiger partial charge in [-0.25, -0.2) is 0 Å². The van der Waals surface area contributed by atoms with Gasteiger partial charge < -0.3 is 11.1 Å². The van der Waals surface area contributed by atoms with E-state index in [2.05, 4.69) is 5.32 Å². The quantitative estimate of drug-likeness (QED) is 0.836. The van der Waals surface area contributed by atoms with Crippen LogP contribution < -0.4 is 11.1 Å². The van der Waals surface area contributed by atoms with E-state index in [4.69, 9.17) is 28.9 Å². The average molecular weight is 287 g/mol. The molecule has 2 rings (SSSR count). The third-order valence-corrected chi connectivity index (χ3v) is 4.16. The maximum atomic E-state index is 11.9. The minimum Gasteiger partial charge on any atom is -0.397 e. The summed E-state index contributed by atoms with van der Waals surface area (Å²) >= 11 is 11.7. The molecule has 1 amide bonds. The first kappa shape index (κ1) is 13.5. The van der Waals surface area contributed by atoms with Crippen LogP contribution in [0.5, 0.6) is 0 Å². The van der Waals surface area contributed by atoms with Crippen molar-refractivity contribution in [3.05, 3.63) is 27.7 Å². The van der Waals surface area contributed by atoms with Crippen molar-refractivity contribution < 1.29 is 4.79 Å². The topological polar surface area (TPSA) is 55.1 Å². The summed E-state index contributed by atoms with van der Waals surface area (Å²) in [6.45, 7) is 0.721. The number of benzene rings is 1. The summed E-state index contributed by atoms with van der Waals surface area (Å²) in [5, 5.41) is 3.52. The molecule has 1 aliphatic rings. The molecule has 1 aromatic rings. The summed E-state index contributed by atoms with van der Waals surface area (Å²) in [6.07, 6.45) is 4.92. The summed E-state index contributed by atoms with van der Waals surface area (Å²) in [6, 6.07) is 3.10. The first-order valence-electron chi connectivity index (χ1n) is 6.10. The Balaban J connectivity index is 2.00. The number of halogens is 2. The predicted octanol–water partition coefficient (Wildman–Crippen LogP) is 3.50. The molecule has 1 fully saturated rings. The van der Waals surface area contributed by atoms with Crippen LogP contribution >= 0.6 is 23.2 Å². The molecule has 0 bridgehead atoms. The number of carbonyl (C=O) groups excluding carboxylic acids is 1. The smallest absolute Gasteiger partial charge is 0.251 e. The Labute approximate surface area is 117 Å². The van der Waals surface area contributed by atoms with Gasteiger partial charge >= 0.3 is 0 Å². The van der Waals surface area contributed by atoms with Gasteiger partial charge in [0.05, 0.1) is 15.7 Å². The van der Waals surface area contributed by atoms with Crippen molar-refractivity contribution in [1.29, 1.82) is 0 Å². The third-order valence-electron chi connectivity index (χ3n) is 3.34. The van der Waals surface area contributed by atoms with E-state index in [1.165, 1.54) is 25.7 Å². The fourth-order valence-corrected chi connectivity index (χ4v) is 2.63. The van der Waals surface area contributed by atoms with E-state index in [1.807, 2.05) is 0 Å². The van der Waals surface area contributed by atoms with Gasteiger partial charge in [0.25, 0.3) is 5.91 Å². The molecule has 0 atom stereocenters. The van der Waals surface area contributed by atoms with Gasteiger partial charge in [-0.3, -0.25) is 4.79 Å². The van der Waals surface area contributed by atoms with Crippen molar-refractivity contribution >= 4 is 34.8 Å². The normalized spacial score (nSPS) is 15.9. The van der Waals surface area contributed by atoms with Crippen LogP contribution in [0.25, 0.3) is 0 Å². The molecule has 1 aromatic carbocycles. The van der Waals surface area contributed by atoms with Crippen LogP contribution in [0.2, 0.25) is 10.0 Å². The molecule has 3 N–H and O–H groups in total. The SMILES string of the molecule is Nc1cc(C(=O)NCC2CCCC2)cc(Cl)c1Cl. The fourth-order valence-electron chi connectivity index (χ4n) is 2.30. The molecule has 0 radical (unpaired) electrons. The second kappa shape index (κ2) is 5.81. The van der Waals surface area contributed by atoms with Gasteiger partial charge in [-0.2, -0.15) is 0 Å². The fraction of sp³-hybridized carbons (Fsp3) is 0.462. The maximum Gasteiger partial charge on any atom is 0.251 e. The number of hydrogen-bond acceptors (Lipinski definition) is 2. The van der Waals surface area contributed by atoms with E-state index in [0.29, 0.717) is 27.2 Å². The lowest BCUT2D eigenvalue weighted by Gasteiger charge is -2.11. The molecule has 0 unspecified atom stereocenters. The van der Waals surface area contributed by atoms with Crippen LogP contribution in [-0.2, 0) is 0 Å². The molecular weight excluding hydrogens is 271 g/mol. The van der Waals surface area contributed by atoms with Gasteiger partial charge in [0.2, 0.25) is 0 Å². The number of nitrogens with one attached hydrogen (secondary N) is 1. The average Bonchev–Trinajstić information content (AvgIpc) is 2.85. The molecule has 98 valence electrons. The molecule has 0 aromatic heterocycles. The molecule has 0 aliphatic heterocycles. The first-order chi connectivity index (χ1) is 8.58. The zero-order chi connectivity index (χ0) is 13.1. The molecule has 0 spiro atoms. The van der Waals surface area contributed by atoms with Crippen LogP contribution in [0.15, 0.2) is 12.1 Å². The highest BCUT2D eigenvalue weighted by molar-refractivity contribution is 6.43. The van der Waals surface area contributed by atoms with Crippen molar-refractivity contribution in [2.24, 2.45) is 5.92 Å². The number of nitrogen functional groups attached to an aromatic ring is 1. The van der Waals surface area contributed by atoms with Crippen molar-refractivity contribution in [2.75, 3.05) is 12.3 Å². The summed E-state index contributed by atoms with van der Waals surface area (Å²) in [5.41, 5.74) is 6.47. The number of amides is 1. The molecule has 0 heterocycles. The minimum absolute atomic E-state index is 0.146. The number of nitrogens with two attached hydrogens (primary N) is 1. The van der Waals surface area contributed by atoms with E-state index >= 15 is 0 Å². The van der Waals surface area contributed by atoms with Gasteiger partial charge in [0.1, 0.15) is 0 Å². The molecule has 1 aliphatic carbocycles. The monoisotopic (exact) mass is 286 g/mol. The summed E-state index contributed by atoms with van der Waals surface area (Å²) in [5.74, 6) is 0.459. The third kappa shape index (κ3) is 3.09. The van der Waals surface area contributed by atoms with Crippen LogP contribution in [0.3, 0.4) is 0 Å². The van der Waals surface area contributed by atoms with E-state index in [-0.39, 0.29) is 5.91 Å². The second-order valence-electron chi connectivity index (χ2n) is 4.72. The second-order valence-corrected chi connectivity index (χ2v) is 5.51. The molecular formula is C13H16Cl2N2O. The molecule has 3 nitrogen and oxygen atoms in total. The van der Waals surface area contributed by atoms with E-state index < -0.39 is 0 Å². The van der Waals surface area contributed by atoms with Crippen LogP contribution in [0, 0.1) is 5.92 Å². The Hall–Kier alpha value is -0.930. The van der Waals surface area contributed by atoms with Crippen LogP contribution in [0.4, 0.5) is 5.69 Å². The molecule has 1 saturated carbocycles. The molecule has 5 heteroatoms. The zero-order valence-electron chi connectivity index (χ0n) is 10.0. The standard InChI is InChI=1S/C13H16Cl2N2O/c14-10-5-9(6-11(16)12(10)15)13(18)17-7-8-3-1-2-4-8/h5-6,8H,1-4,7,16H2,(H,17,18). The van der Waals surface area contributed by atoms with E-state index in [9.17, 15) is 4.79 Å². The van der Waals surface area contributed by atoms with Crippen LogP contribution in [-0.4, -0.2) is 12.5 Å². The van der Waals surface area contributed by atoms with E-state index in [0.717, 1.165) is 6.54 Å². The maximum absolute atomic E-state index is 11.9. The predicted molar refractivity (Wildman–Crippen MR) is 75.2 cm³/mol. The first-order valence-corrected chi connectivity index (χ1v) is 6.86. The van der Waals surface area contributed by atoms with Crippen molar-refractivity contribution in [2.45, 2.75) is 25.7 Å². The minimum atomic E-state index is -0.146. The van der Waals surface area contributed by atoms with E-state index in [1.54, 1.807) is 12.1 Å². The van der Waals surface area contributed by atoms with Crippen molar-refractivity contribution in [1.82, 2.24) is 5.32 Å². The van der Waals surface area contributed by atoms with Gasteiger partial charge in [0.15, 0.2) is 0 Å². The molecule has 18 heavy (non-hydrogen) atoms. The number of hydrogen-bond donors (Lipinski definition) is 2. The van der Waals surface area contributed by atoms with Gasteiger partial charge in [-0.05, 0) is 30.9 Å². The van der Waals surface area contributed by atoms with Crippen LogP contribution in [0.1, 0.15) is 36.0 Å². The van der Waals surface area contributed by atoms with Crippen molar-refractivity contribution in [3.8, 4) is 0 Å². The van der Waals surface area contributed by atoms with Gasteiger partial charge in [0, 0.05) is 12.1 Å². The molecule has 0 saturated heterocycles. The highest BCUT2D eigenvalue weighted by Gasteiger charge is 2.17. The Kier molecular flexibility index (Phi) is 4.36. The van der Waals surface area contributed by atoms with Crippen molar-refractivity contribution in [3.63, 3.8) is 0 Å². The Morgan fingerprint density at radius 3 is 2.61 bits per heavy atom. The number of anilines is 1. The Morgan fingerprint density at radius 1 is 1.33 bits per heavy atom. The Morgan fingerprint density at radius 2 is 2.00 bits per heavy atom. The summed E-state index contributed by atoms with van der Waals surface area (Å²) in [7, 11) is 0. The highest BCUT2D eigenvalue weighted by atomic mass is 35.5. The number of carbonyl (C=O) groups is 1. The Bertz CT molecular complexity index is 433.